The van der Waals surface area contributed by atoms with Crippen molar-refractivity contribution in [3.63, 3.8) is 0 Å². The Morgan fingerprint density at radius 2 is 2.25 bits per heavy atom. The molecule has 2 saturated heterocycles. The van der Waals surface area contributed by atoms with Gasteiger partial charge in [0.15, 0.2) is 0 Å². The maximum atomic E-state index is 3.54. The van der Waals surface area contributed by atoms with E-state index in [4.69, 9.17) is 0 Å². The topological polar surface area (TPSA) is 15.3 Å². The van der Waals surface area contributed by atoms with Gasteiger partial charge in [0, 0.05) is 24.4 Å². The largest absolute Gasteiger partial charge is 0.316 e. The second kappa shape index (κ2) is 6.27. The summed E-state index contributed by atoms with van der Waals surface area (Å²) in [5.41, 5.74) is 0. The molecule has 2 nitrogen and oxygen atoms in total. The maximum absolute atomic E-state index is 3.54. The van der Waals surface area contributed by atoms with Gasteiger partial charge < -0.3 is 5.32 Å². The molecule has 0 spiro atoms. The molecule has 3 heteroatoms. The monoisotopic (exact) mass is 242 g/mol. The summed E-state index contributed by atoms with van der Waals surface area (Å²) in [4.78, 5) is 2.76. The van der Waals surface area contributed by atoms with Crippen molar-refractivity contribution in [2.24, 2.45) is 5.92 Å². The molecule has 1 N–H and O–H groups in total. The van der Waals surface area contributed by atoms with Crippen molar-refractivity contribution in [2.45, 2.75) is 45.2 Å². The van der Waals surface area contributed by atoms with Crippen LogP contribution in [0.5, 0.6) is 0 Å². The zero-order valence-electron chi connectivity index (χ0n) is 10.7. The molecule has 0 radical (unpaired) electrons. The predicted octanol–water partition coefficient (Wildman–Crippen LogP) is 2.20. The number of nitrogens with zero attached hydrogens (tertiary/aromatic N) is 1. The van der Waals surface area contributed by atoms with E-state index in [1.807, 2.05) is 0 Å². The molecule has 0 amide bonds. The summed E-state index contributed by atoms with van der Waals surface area (Å²) < 4.78 is 0. The Balaban J connectivity index is 1.85. The molecule has 0 aromatic rings. The lowest BCUT2D eigenvalue weighted by Crippen LogP contribution is -2.46. The van der Waals surface area contributed by atoms with Gasteiger partial charge in [-0.15, -0.1) is 0 Å². The smallest absolute Gasteiger partial charge is 0.0197 e. The number of piperidine rings is 1. The molecule has 16 heavy (non-hydrogen) atoms. The van der Waals surface area contributed by atoms with Crippen LogP contribution in [-0.2, 0) is 0 Å². The molecule has 94 valence electrons. The summed E-state index contributed by atoms with van der Waals surface area (Å²) in [6.07, 6.45) is 4.20. The summed E-state index contributed by atoms with van der Waals surface area (Å²) in [5, 5.41) is 3.54. The van der Waals surface area contributed by atoms with Crippen LogP contribution in [0.25, 0.3) is 0 Å². The molecule has 2 atom stereocenters. The van der Waals surface area contributed by atoms with Gasteiger partial charge >= 0.3 is 0 Å². The van der Waals surface area contributed by atoms with Gasteiger partial charge in [-0.25, -0.2) is 0 Å². The zero-order chi connectivity index (χ0) is 11.4. The Kier molecular flexibility index (Phi) is 4.98. The predicted molar refractivity (Wildman–Crippen MR) is 73.2 cm³/mol. The zero-order valence-corrected chi connectivity index (χ0v) is 11.6. The van der Waals surface area contributed by atoms with E-state index in [0.29, 0.717) is 6.04 Å². The first-order valence-corrected chi connectivity index (χ1v) is 7.97. The molecule has 2 rings (SSSR count). The van der Waals surface area contributed by atoms with Gasteiger partial charge in [0.1, 0.15) is 0 Å². The van der Waals surface area contributed by atoms with Crippen molar-refractivity contribution < 1.29 is 0 Å². The number of hydrogen-bond acceptors (Lipinski definition) is 3. The van der Waals surface area contributed by atoms with Gasteiger partial charge in [-0.05, 0) is 57.9 Å². The van der Waals surface area contributed by atoms with E-state index in [0.717, 1.165) is 12.0 Å². The summed E-state index contributed by atoms with van der Waals surface area (Å²) in [6.45, 7) is 8.51. The highest BCUT2D eigenvalue weighted by Gasteiger charge is 2.27. The molecule has 2 heterocycles. The first kappa shape index (κ1) is 12.7. The third kappa shape index (κ3) is 3.38. The normalized spacial score (nSPS) is 31.5. The Hall–Kier alpha value is 0.270. The highest BCUT2D eigenvalue weighted by Crippen LogP contribution is 2.25. The van der Waals surface area contributed by atoms with Crippen LogP contribution in [-0.4, -0.2) is 48.1 Å². The Morgan fingerprint density at radius 3 is 2.81 bits per heavy atom. The van der Waals surface area contributed by atoms with E-state index < -0.39 is 0 Å². The van der Waals surface area contributed by atoms with Crippen molar-refractivity contribution in [3.05, 3.63) is 0 Å². The van der Waals surface area contributed by atoms with E-state index >= 15 is 0 Å². The van der Waals surface area contributed by atoms with Gasteiger partial charge in [0.2, 0.25) is 0 Å². The van der Waals surface area contributed by atoms with E-state index in [2.05, 4.69) is 35.8 Å². The summed E-state index contributed by atoms with van der Waals surface area (Å²) >= 11 is 2.13. The molecule has 2 unspecified atom stereocenters. The van der Waals surface area contributed by atoms with Crippen LogP contribution in [0.4, 0.5) is 0 Å². The minimum atomic E-state index is 0.714. The Bertz CT molecular complexity index is 196. The van der Waals surface area contributed by atoms with Crippen LogP contribution >= 0.6 is 11.8 Å². The van der Waals surface area contributed by atoms with Crippen molar-refractivity contribution in [3.8, 4) is 0 Å². The average Bonchev–Trinajstić information content (AvgIpc) is 2.80. The van der Waals surface area contributed by atoms with Crippen LogP contribution in [0, 0.1) is 5.92 Å². The van der Waals surface area contributed by atoms with Crippen LogP contribution in [0.3, 0.4) is 0 Å². The third-order valence-electron chi connectivity index (χ3n) is 3.91. The molecular formula is C13H26N2S. The quantitative estimate of drug-likeness (QED) is 0.814. The first-order chi connectivity index (χ1) is 7.77. The van der Waals surface area contributed by atoms with Crippen molar-refractivity contribution in [1.29, 1.82) is 0 Å². The van der Waals surface area contributed by atoms with Crippen molar-refractivity contribution in [1.82, 2.24) is 10.2 Å². The first-order valence-electron chi connectivity index (χ1n) is 6.81. The highest BCUT2D eigenvalue weighted by atomic mass is 32.2. The minimum absolute atomic E-state index is 0.714. The van der Waals surface area contributed by atoms with Gasteiger partial charge in [0.25, 0.3) is 0 Å². The fraction of sp³-hybridized carbons (Fsp3) is 1.00. The molecule has 0 aliphatic carbocycles. The lowest BCUT2D eigenvalue weighted by molar-refractivity contribution is 0.130. The minimum Gasteiger partial charge on any atom is -0.316 e. The third-order valence-corrected chi connectivity index (χ3v) is 5.05. The van der Waals surface area contributed by atoms with Gasteiger partial charge in [-0.3, -0.25) is 4.90 Å². The summed E-state index contributed by atoms with van der Waals surface area (Å²) in [7, 11) is 0. The summed E-state index contributed by atoms with van der Waals surface area (Å²) in [6, 6.07) is 1.57. The van der Waals surface area contributed by atoms with Gasteiger partial charge in [0.05, 0.1) is 0 Å². The lowest BCUT2D eigenvalue weighted by atomic mass is 9.97. The Morgan fingerprint density at radius 1 is 1.38 bits per heavy atom. The number of rotatable bonds is 4. The lowest BCUT2D eigenvalue weighted by Gasteiger charge is -2.36. The SMILES string of the molecule is CC(C)N(CC1CCCNC1)C1CCSC1. The molecule has 2 aliphatic heterocycles. The van der Waals surface area contributed by atoms with Crippen molar-refractivity contribution in [2.75, 3.05) is 31.1 Å². The second-order valence-corrected chi connectivity index (χ2v) is 6.67. The highest BCUT2D eigenvalue weighted by molar-refractivity contribution is 7.99. The maximum Gasteiger partial charge on any atom is 0.0197 e. The van der Waals surface area contributed by atoms with Crippen LogP contribution < -0.4 is 5.32 Å². The van der Waals surface area contributed by atoms with E-state index in [-0.39, 0.29) is 0 Å². The second-order valence-electron chi connectivity index (χ2n) is 5.52. The van der Waals surface area contributed by atoms with Gasteiger partial charge in [-0.1, -0.05) is 0 Å². The number of hydrogen-bond donors (Lipinski definition) is 1. The fourth-order valence-corrected chi connectivity index (χ4v) is 4.18. The summed E-state index contributed by atoms with van der Waals surface area (Å²) in [5.74, 6) is 3.62. The van der Waals surface area contributed by atoms with Crippen LogP contribution in [0.1, 0.15) is 33.1 Å². The number of thioether (sulfide) groups is 1. The number of nitrogens with one attached hydrogen (secondary N) is 1. The van der Waals surface area contributed by atoms with E-state index in [1.165, 1.54) is 50.4 Å². The van der Waals surface area contributed by atoms with Crippen molar-refractivity contribution >= 4 is 11.8 Å². The van der Waals surface area contributed by atoms with Crippen LogP contribution in [0.15, 0.2) is 0 Å². The molecule has 2 fully saturated rings. The van der Waals surface area contributed by atoms with E-state index in [9.17, 15) is 0 Å². The van der Waals surface area contributed by atoms with Crippen LogP contribution in [0.2, 0.25) is 0 Å². The average molecular weight is 242 g/mol. The molecule has 0 saturated carbocycles. The van der Waals surface area contributed by atoms with E-state index in [1.54, 1.807) is 0 Å². The van der Waals surface area contributed by atoms with Gasteiger partial charge in [-0.2, -0.15) is 11.8 Å². The fourth-order valence-electron chi connectivity index (χ4n) is 2.94. The standard InChI is InChI=1S/C13H26N2S/c1-11(2)15(13-5-7-16-10-13)9-12-4-3-6-14-8-12/h11-14H,3-10H2,1-2H3. The molecule has 2 aliphatic rings. The molecule has 0 aromatic heterocycles. The Labute approximate surface area is 105 Å². The molecule has 0 bridgehead atoms. The molecule has 0 aromatic carbocycles. The molecular weight excluding hydrogens is 216 g/mol.